The predicted octanol–water partition coefficient (Wildman–Crippen LogP) is 4.52. The van der Waals surface area contributed by atoms with Gasteiger partial charge in [-0.2, -0.15) is 17.5 Å². The third-order valence-electron chi connectivity index (χ3n) is 8.28. The maximum absolute atomic E-state index is 13.2. The molecule has 4 saturated carbocycles. The molecule has 0 aromatic heterocycles. The first-order valence-electron chi connectivity index (χ1n) is 12.3. The molecule has 1 aliphatic heterocycles. The van der Waals surface area contributed by atoms with Gasteiger partial charge in [0.15, 0.2) is 0 Å². The molecule has 2 N–H and O–H groups in total. The van der Waals surface area contributed by atoms with Crippen LogP contribution >= 0.6 is 0 Å². The number of amides is 2. The van der Waals surface area contributed by atoms with Crippen molar-refractivity contribution in [3.63, 3.8) is 0 Å². The fraction of sp³-hybridized carbons (Fsp3) is 0.708. The van der Waals surface area contributed by atoms with Crippen molar-refractivity contribution in [1.82, 2.24) is 14.9 Å². The van der Waals surface area contributed by atoms with Crippen molar-refractivity contribution in [2.24, 2.45) is 17.8 Å². The van der Waals surface area contributed by atoms with E-state index >= 15 is 0 Å². The van der Waals surface area contributed by atoms with Gasteiger partial charge in [-0.05, 0) is 93.4 Å². The number of carbonyl (C=O) groups excluding carboxylic acids is 1. The van der Waals surface area contributed by atoms with E-state index in [0.29, 0.717) is 30.6 Å². The first-order valence-corrected chi connectivity index (χ1v) is 13.7. The van der Waals surface area contributed by atoms with Crippen molar-refractivity contribution in [2.75, 3.05) is 13.1 Å². The molecule has 188 valence electrons. The van der Waals surface area contributed by atoms with Gasteiger partial charge in [-0.15, -0.1) is 0 Å². The molecule has 2 amide bonds. The van der Waals surface area contributed by atoms with Gasteiger partial charge in [0.1, 0.15) is 0 Å². The van der Waals surface area contributed by atoms with E-state index in [9.17, 15) is 26.4 Å². The Morgan fingerprint density at radius 1 is 1.00 bits per heavy atom. The average molecular weight is 500 g/mol. The van der Waals surface area contributed by atoms with Crippen LogP contribution in [0.4, 0.5) is 18.0 Å². The standard InChI is InChI=1S/C24H32F3N3O3S/c25-24(26,27)19-4-6-21(7-5-19)34(32,33)30-8-2-1-3-20(30)15-28-22(31)29-23-12-16-9-17(13-23)11-18(10-16)14-23/h4-7,16-18,20H,1-3,8-15H2,(H2,28,29,31). The average Bonchev–Trinajstić information content (AvgIpc) is 2.76. The minimum absolute atomic E-state index is 0.128. The molecule has 1 aromatic rings. The third-order valence-corrected chi connectivity index (χ3v) is 10.2. The Bertz CT molecular complexity index is 991. The zero-order chi connectivity index (χ0) is 24.1. The van der Waals surface area contributed by atoms with Crippen LogP contribution in [-0.4, -0.2) is 43.4 Å². The number of hydrogen-bond acceptors (Lipinski definition) is 3. The van der Waals surface area contributed by atoms with Gasteiger partial charge in [-0.1, -0.05) is 6.42 Å². The highest BCUT2D eigenvalue weighted by Gasteiger charge is 2.51. The van der Waals surface area contributed by atoms with Gasteiger partial charge in [-0.25, -0.2) is 13.2 Å². The molecule has 4 bridgehead atoms. The molecule has 1 saturated heterocycles. The molecular weight excluding hydrogens is 467 g/mol. The summed E-state index contributed by atoms with van der Waals surface area (Å²) in [5, 5.41) is 6.15. The van der Waals surface area contributed by atoms with Crippen molar-refractivity contribution in [1.29, 1.82) is 0 Å². The van der Waals surface area contributed by atoms with Gasteiger partial charge >= 0.3 is 12.2 Å². The lowest BCUT2D eigenvalue weighted by atomic mass is 9.53. The lowest BCUT2D eigenvalue weighted by Gasteiger charge is -2.56. The minimum atomic E-state index is -4.52. The Kier molecular flexibility index (Phi) is 6.11. The first-order chi connectivity index (χ1) is 16.0. The number of benzene rings is 1. The molecule has 10 heteroatoms. The molecule has 6 nitrogen and oxygen atoms in total. The van der Waals surface area contributed by atoms with E-state index in [0.717, 1.165) is 49.9 Å². The van der Waals surface area contributed by atoms with Crippen LogP contribution < -0.4 is 10.6 Å². The van der Waals surface area contributed by atoms with Crippen LogP contribution in [0.2, 0.25) is 0 Å². The molecule has 1 unspecified atom stereocenters. The molecule has 5 aliphatic rings. The number of alkyl halides is 3. The number of carbonyl (C=O) groups is 1. The van der Waals surface area contributed by atoms with Crippen LogP contribution in [0.15, 0.2) is 29.2 Å². The molecule has 4 aliphatic carbocycles. The summed E-state index contributed by atoms with van der Waals surface area (Å²) in [6.45, 7) is 0.463. The second-order valence-electron chi connectivity index (χ2n) is 10.8. The van der Waals surface area contributed by atoms with Crippen LogP contribution in [0.3, 0.4) is 0 Å². The number of urea groups is 1. The van der Waals surface area contributed by atoms with Gasteiger partial charge in [0.2, 0.25) is 10.0 Å². The molecule has 1 atom stereocenters. The summed E-state index contributed by atoms with van der Waals surface area (Å²) in [7, 11) is -3.97. The van der Waals surface area contributed by atoms with Crippen LogP contribution in [0, 0.1) is 17.8 Å². The molecule has 1 heterocycles. The van der Waals surface area contributed by atoms with Crippen molar-refractivity contribution >= 4 is 16.1 Å². The lowest BCUT2D eigenvalue weighted by molar-refractivity contribution is -0.137. The van der Waals surface area contributed by atoms with Crippen molar-refractivity contribution in [2.45, 2.75) is 80.4 Å². The van der Waals surface area contributed by atoms with E-state index in [1.165, 1.54) is 23.6 Å². The fourth-order valence-corrected chi connectivity index (χ4v) is 8.90. The summed E-state index contributed by atoms with van der Waals surface area (Å²) in [6, 6.07) is 2.93. The van der Waals surface area contributed by atoms with E-state index in [1.54, 1.807) is 0 Å². The SMILES string of the molecule is O=C(NCC1CCCCN1S(=O)(=O)c1ccc(C(F)(F)F)cc1)NC12CC3CC(CC(C3)C1)C2. The van der Waals surface area contributed by atoms with E-state index in [1.807, 2.05) is 0 Å². The summed E-state index contributed by atoms with van der Waals surface area (Å²) < 4.78 is 66.4. The van der Waals surface area contributed by atoms with Crippen LogP contribution in [0.25, 0.3) is 0 Å². The van der Waals surface area contributed by atoms with Crippen molar-refractivity contribution in [3.8, 4) is 0 Å². The number of nitrogens with one attached hydrogen (secondary N) is 2. The van der Waals surface area contributed by atoms with Crippen LogP contribution in [0.5, 0.6) is 0 Å². The van der Waals surface area contributed by atoms with E-state index in [-0.39, 0.29) is 29.6 Å². The Labute approximate surface area is 198 Å². The summed E-state index contributed by atoms with van der Waals surface area (Å²) >= 11 is 0. The molecular formula is C24H32F3N3O3S. The van der Waals surface area contributed by atoms with E-state index in [4.69, 9.17) is 0 Å². The maximum atomic E-state index is 13.2. The molecule has 5 fully saturated rings. The fourth-order valence-electron chi connectivity index (χ4n) is 7.21. The second kappa shape index (κ2) is 8.69. The van der Waals surface area contributed by atoms with Gasteiger partial charge < -0.3 is 10.6 Å². The first kappa shape index (κ1) is 23.9. The van der Waals surface area contributed by atoms with Gasteiger partial charge in [0, 0.05) is 24.7 Å². The second-order valence-corrected chi connectivity index (χ2v) is 12.7. The Balaban J connectivity index is 1.23. The zero-order valence-corrected chi connectivity index (χ0v) is 19.9. The van der Waals surface area contributed by atoms with Crippen molar-refractivity contribution in [3.05, 3.63) is 29.8 Å². The van der Waals surface area contributed by atoms with Crippen LogP contribution in [0.1, 0.15) is 63.4 Å². The summed E-state index contributed by atoms with van der Waals surface area (Å²) in [5.41, 5.74) is -1.01. The highest BCUT2D eigenvalue weighted by molar-refractivity contribution is 7.89. The smallest absolute Gasteiger partial charge is 0.337 e. The number of nitrogens with zero attached hydrogens (tertiary/aromatic N) is 1. The Hall–Kier alpha value is -1.81. The van der Waals surface area contributed by atoms with Crippen LogP contribution in [-0.2, 0) is 16.2 Å². The van der Waals surface area contributed by atoms with Gasteiger partial charge in [0.25, 0.3) is 0 Å². The number of rotatable bonds is 5. The highest BCUT2D eigenvalue weighted by atomic mass is 32.2. The normalized spacial score (nSPS) is 33.6. The quantitative estimate of drug-likeness (QED) is 0.626. The maximum Gasteiger partial charge on any atom is 0.416 e. The van der Waals surface area contributed by atoms with Gasteiger partial charge in [-0.3, -0.25) is 0 Å². The topological polar surface area (TPSA) is 78.5 Å². The zero-order valence-electron chi connectivity index (χ0n) is 19.1. The number of sulfonamides is 1. The van der Waals surface area contributed by atoms with E-state index < -0.39 is 27.8 Å². The molecule has 0 spiro atoms. The van der Waals surface area contributed by atoms with Crippen molar-refractivity contribution < 1.29 is 26.4 Å². The minimum Gasteiger partial charge on any atom is -0.337 e. The number of piperidine rings is 1. The summed E-state index contributed by atoms with van der Waals surface area (Å²) in [4.78, 5) is 12.7. The Morgan fingerprint density at radius 3 is 2.15 bits per heavy atom. The highest BCUT2D eigenvalue weighted by Crippen LogP contribution is 2.55. The lowest BCUT2D eigenvalue weighted by Crippen LogP contribution is -2.62. The predicted molar refractivity (Wildman–Crippen MR) is 120 cm³/mol. The number of hydrogen-bond donors (Lipinski definition) is 2. The molecule has 1 aromatic carbocycles. The molecule has 6 rings (SSSR count). The summed E-state index contributed by atoms with van der Waals surface area (Å²) in [6.07, 6.45) is 4.52. The van der Waals surface area contributed by atoms with E-state index in [2.05, 4.69) is 10.6 Å². The molecule has 34 heavy (non-hydrogen) atoms. The third kappa shape index (κ3) is 4.67. The Morgan fingerprint density at radius 2 is 1.59 bits per heavy atom. The largest absolute Gasteiger partial charge is 0.416 e. The monoisotopic (exact) mass is 499 g/mol. The molecule has 0 radical (unpaired) electrons. The van der Waals surface area contributed by atoms with Gasteiger partial charge in [0.05, 0.1) is 10.5 Å². The summed E-state index contributed by atoms with van der Waals surface area (Å²) in [5.74, 6) is 2.11. The number of halogens is 3.